The van der Waals surface area contributed by atoms with E-state index in [0.717, 1.165) is 23.5 Å². The molecule has 1 aromatic heterocycles. The highest BCUT2D eigenvalue weighted by atomic mass is 35.5. The van der Waals surface area contributed by atoms with Gasteiger partial charge in [-0.1, -0.05) is 60.1 Å². The number of hydrogen-bond donors (Lipinski definition) is 1. The highest BCUT2D eigenvalue weighted by Gasteiger charge is 2.17. The summed E-state index contributed by atoms with van der Waals surface area (Å²) in [4.78, 5) is 0. The summed E-state index contributed by atoms with van der Waals surface area (Å²) in [5.74, 6) is 0. The van der Waals surface area contributed by atoms with Crippen molar-refractivity contribution in [3.8, 4) is 5.69 Å². The Bertz CT molecular complexity index is 766. The third-order valence-electron chi connectivity index (χ3n) is 4.12. The van der Waals surface area contributed by atoms with Crippen LogP contribution in [-0.4, -0.2) is 9.78 Å². The highest BCUT2D eigenvalue weighted by Crippen LogP contribution is 2.22. The Morgan fingerprint density at radius 3 is 2.30 bits per heavy atom. The summed E-state index contributed by atoms with van der Waals surface area (Å²) in [5, 5.41) is 7.59. The molecule has 1 heterocycles. The number of aromatic nitrogens is 2. The molecule has 3 nitrogen and oxygen atoms in total. The average Bonchev–Trinajstić information content (AvgIpc) is 2.88. The van der Waals surface area contributed by atoms with Gasteiger partial charge in [-0.05, 0) is 26.0 Å². The number of nitrogens with zero attached hydrogens (tertiary/aromatic N) is 2. The fourth-order valence-corrected chi connectivity index (χ4v) is 3.04. The van der Waals surface area contributed by atoms with Crippen LogP contribution in [-0.2, 0) is 6.54 Å². The summed E-state index contributed by atoms with van der Waals surface area (Å²) >= 11 is 6.57. The molecular formula is C19H21ClN3+. The molecule has 0 unspecified atom stereocenters. The number of benzene rings is 2. The molecule has 0 radical (unpaired) electrons. The van der Waals surface area contributed by atoms with Gasteiger partial charge in [-0.3, -0.25) is 0 Å². The minimum atomic E-state index is 0.381. The molecule has 0 fully saturated rings. The van der Waals surface area contributed by atoms with Crippen molar-refractivity contribution in [1.29, 1.82) is 0 Å². The van der Waals surface area contributed by atoms with Crippen LogP contribution in [0, 0.1) is 6.92 Å². The summed E-state index contributed by atoms with van der Waals surface area (Å²) in [5.41, 5.74) is 4.38. The molecule has 2 aromatic carbocycles. The predicted molar refractivity (Wildman–Crippen MR) is 93.8 cm³/mol. The quantitative estimate of drug-likeness (QED) is 0.763. The molecule has 0 aliphatic rings. The standard InChI is InChI=1S/C19H20ClN3/c1-14(16-9-5-3-6-10-16)21-13-18-15(2)22-23(19(18)20)17-11-7-4-8-12-17/h3-12,14,21H,13H2,1-2H3/p+1/t14-/m1/s1. The predicted octanol–water partition coefficient (Wildman–Crippen LogP) is 3.66. The van der Waals surface area contributed by atoms with Gasteiger partial charge in [-0.15, -0.1) is 0 Å². The van der Waals surface area contributed by atoms with Crippen molar-refractivity contribution in [3.05, 3.63) is 82.6 Å². The number of rotatable bonds is 5. The summed E-state index contributed by atoms with van der Waals surface area (Å²) in [7, 11) is 0. The lowest BCUT2D eigenvalue weighted by Crippen LogP contribution is -2.83. The normalized spacial score (nSPS) is 12.3. The Balaban J connectivity index is 1.78. The second-order valence-corrected chi connectivity index (χ2v) is 6.10. The van der Waals surface area contributed by atoms with Crippen molar-refractivity contribution in [2.75, 3.05) is 0 Å². The Morgan fingerprint density at radius 2 is 1.65 bits per heavy atom. The maximum atomic E-state index is 6.57. The zero-order chi connectivity index (χ0) is 16.2. The molecule has 0 spiro atoms. The average molecular weight is 327 g/mol. The largest absolute Gasteiger partial charge is 0.336 e. The van der Waals surface area contributed by atoms with E-state index in [9.17, 15) is 0 Å². The van der Waals surface area contributed by atoms with Crippen LogP contribution in [0.4, 0.5) is 0 Å². The van der Waals surface area contributed by atoms with Gasteiger partial charge in [-0.25, -0.2) is 4.68 Å². The first kappa shape index (κ1) is 15.8. The zero-order valence-corrected chi connectivity index (χ0v) is 14.2. The van der Waals surface area contributed by atoms with Gasteiger partial charge < -0.3 is 5.32 Å². The summed E-state index contributed by atoms with van der Waals surface area (Å²) in [6.45, 7) is 5.04. The zero-order valence-electron chi connectivity index (χ0n) is 13.4. The van der Waals surface area contributed by atoms with E-state index in [4.69, 9.17) is 11.6 Å². The van der Waals surface area contributed by atoms with Crippen molar-refractivity contribution in [2.45, 2.75) is 26.4 Å². The molecule has 2 N–H and O–H groups in total. The highest BCUT2D eigenvalue weighted by molar-refractivity contribution is 6.30. The van der Waals surface area contributed by atoms with Crippen LogP contribution in [0.25, 0.3) is 5.69 Å². The molecule has 118 valence electrons. The van der Waals surface area contributed by atoms with Crippen molar-refractivity contribution >= 4 is 11.6 Å². The van der Waals surface area contributed by atoms with Crippen LogP contribution in [0.15, 0.2) is 60.7 Å². The molecule has 0 bridgehead atoms. The number of para-hydroxylation sites is 1. The minimum Gasteiger partial charge on any atom is -0.336 e. The van der Waals surface area contributed by atoms with Crippen molar-refractivity contribution in [2.24, 2.45) is 0 Å². The molecule has 0 saturated heterocycles. The van der Waals surface area contributed by atoms with E-state index in [1.807, 2.05) is 48.0 Å². The van der Waals surface area contributed by atoms with Crippen LogP contribution in [0.5, 0.6) is 0 Å². The molecule has 0 amide bonds. The van der Waals surface area contributed by atoms with Crippen molar-refractivity contribution in [1.82, 2.24) is 9.78 Å². The maximum Gasteiger partial charge on any atom is 0.142 e. The van der Waals surface area contributed by atoms with Gasteiger partial charge in [0.05, 0.1) is 16.9 Å². The Kier molecular flexibility index (Phi) is 4.79. The van der Waals surface area contributed by atoms with Gasteiger partial charge in [0.15, 0.2) is 0 Å². The van der Waals surface area contributed by atoms with Crippen LogP contribution in [0.1, 0.15) is 29.8 Å². The number of halogens is 1. The molecule has 0 aliphatic heterocycles. The number of nitrogens with two attached hydrogens (primary N) is 1. The van der Waals surface area contributed by atoms with Crippen LogP contribution < -0.4 is 5.32 Å². The van der Waals surface area contributed by atoms with Gasteiger partial charge in [0.2, 0.25) is 0 Å². The molecule has 4 heteroatoms. The first-order valence-electron chi connectivity index (χ1n) is 7.84. The lowest BCUT2D eigenvalue weighted by molar-refractivity contribution is -0.708. The lowest BCUT2D eigenvalue weighted by Gasteiger charge is -2.11. The van der Waals surface area contributed by atoms with E-state index >= 15 is 0 Å². The van der Waals surface area contributed by atoms with E-state index < -0.39 is 0 Å². The van der Waals surface area contributed by atoms with Gasteiger partial charge in [0.1, 0.15) is 17.7 Å². The SMILES string of the molecule is Cc1nn(-c2ccccc2)c(Cl)c1C[NH2+][C@H](C)c1ccccc1. The minimum absolute atomic E-state index is 0.381. The number of quaternary nitrogens is 1. The molecule has 23 heavy (non-hydrogen) atoms. The van der Waals surface area contributed by atoms with Gasteiger partial charge in [-0.2, -0.15) is 5.10 Å². The Labute approximate surface area is 141 Å². The van der Waals surface area contributed by atoms with Gasteiger partial charge in [0, 0.05) is 5.56 Å². The molecule has 1 atom stereocenters. The molecule has 3 aromatic rings. The first-order chi connectivity index (χ1) is 11.2. The first-order valence-corrected chi connectivity index (χ1v) is 8.22. The smallest absolute Gasteiger partial charge is 0.142 e. The monoisotopic (exact) mass is 326 g/mol. The van der Waals surface area contributed by atoms with E-state index in [0.29, 0.717) is 11.2 Å². The fraction of sp³-hybridized carbons (Fsp3) is 0.211. The molecule has 3 rings (SSSR count). The van der Waals surface area contributed by atoms with Crippen LogP contribution >= 0.6 is 11.6 Å². The second kappa shape index (κ2) is 6.99. The number of aryl methyl sites for hydroxylation is 1. The molecule has 0 aliphatic carbocycles. The van der Waals surface area contributed by atoms with Crippen LogP contribution in [0.3, 0.4) is 0 Å². The van der Waals surface area contributed by atoms with E-state index in [2.05, 4.69) is 41.6 Å². The van der Waals surface area contributed by atoms with Crippen molar-refractivity contribution in [3.63, 3.8) is 0 Å². The van der Waals surface area contributed by atoms with E-state index in [-0.39, 0.29) is 0 Å². The van der Waals surface area contributed by atoms with Gasteiger partial charge >= 0.3 is 0 Å². The van der Waals surface area contributed by atoms with Crippen LogP contribution in [0.2, 0.25) is 5.15 Å². The second-order valence-electron chi connectivity index (χ2n) is 5.74. The number of hydrogen-bond acceptors (Lipinski definition) is 1. The third kappa shape index (κ3) is 3.46. The Hall–Kier alpha value is -2.10. The maximum absolute atomic E-state index is 6.57. The van der Waals surface area contributed by atoms with Gasteiger partial charge in [0.25, 0.3) is 0 Å². The fourth-order valence-electron chi connectivity index (χ4n) is 2.69. The summed E-state index contributed by atoms with van der Waals surface area (Å²) in [6, 6.07) is 20.9. The molecule has 0 saturated carbocycles. The third-order valence-corrected chi connectivity index (χ3v) is 4.51. The Morgan fingerprint density at radius 1 is 1.04 bits per heavy atom. The molecular weight excluding hydrogens is 306 g/mol. The summed E-state index contributed by atoms with van der Waals surface area (Å²) < 4.78 is 1.81. The summed E-state index contributed by atoms with van der Waals surface area (Å²) in [6.07, 6.45) is 0. The van der Waals surface area contributed by atoms with Crippen molar-refractivity contribution < 1.29 is 5.32 Å². The lowest BCUT2D eigenvalue weighted by atomic mass is 10.1. The van der Waals surface area contributed by atoms with E-state index in [1.54, 1.807) is 0 Å². The van der Waals surface area contributed by atoms with E-state index in [1.165, 1.54) is 5.56 Å². The topological polar surface area (TPSA) is 34.4 Å².